The third-order valence-corrected chi connectivity index (χ3v) is 1.44. The average Bonchev–Trinajstić information content (AvgIpc) is 2.51. The van der Waals surface area contributed by atoms with Gasteiger partial charge in [0.25, 0.3) is 0 Å². The molecule has 0 saturated carbocycles. The highest BCUT2D eigenvalue weighted by Crippen LogP contribution is 1.93. The van der Waals surface area contributed by atoms with Crippen LogP contribution in [0.15, 0.2) is 4.52 Å². The molecule has 0 spiro atoms. The molecular weight excluding hydrogens is 174 g/mol. The van der Waals surface area contributed by atoms with E-state index in [-0.39, 0.29) is 6.61 Å². The third kappa shape index (κ3) is 3.49. The van der Waals surface area contributed by atoms with Gasteiger partial charge in [0.1, 0.15) is 0 Å². The van der Waals surface area contributed by atoms with Crippen molar-refractivity contribution in [2.24, 2.45) is 0 Å². The Morgan fingerprint density at radius 2 is 2.38 bits per heavy atom. The van der Waals surface area contributed by atoms with Crippen LogP contribution in [0.3, 0.4) is 0 Å². The van der Waals surface area contributed by atoms with Gasteiger partial charge in [0.2, 0.25) is 5.89 Å². The highest BCUT2D eigenvalue weighted by Gasteiger charge is 2.03. The van der Waals surface area contributed by atoms with Gasteiger partial charge in [-0.3, -0.25) is 0 Å². The maximum Gasteiger partial charge on any atom is 0.223 e. The van der Waals surface area contributed by atoms with Gasteiger partial charge in [0, 0.05) is 13.5 Å². The molecule has 0 aromatic carbocycles. The quantitative estimate of drug-likeness (QED) is 0.537. The summed E-state index contributed by atoms with van der Waals surface area (Å²) in [5.41, 5.74) is 0. The van der Waals surface area contributed by atoms with Crippen molar-refractivity contribution in [3.05, 3.63) is 11.7 Å². The molecule has 0 aliphatic carbocycles. The van der Waals surface area contributed by atoms with Gasteiger partial charge in [-0.05, 0) is 0 Å². The molecule has 1 rings (SSSR count). The predicted molar refractivity (Wildman–Crippen MR) is 43.8 cm³/mol. The Labute approximate surface area is 75.6 Å². The first-order chi connectivity index (χ1) is 6.22. The maximum atomic E-state index is 8.96. The second-order valence-corrected chi connectivity index (χ2v) is 2.70. The zero-order valence-electron chi connectivity index (χ0n) is 7.40. The van der Waals surface area contributed by atoms with Crippen molar-refractivity contribution in [2.75, 3.05) is 13.2 Å². The Morgan fingerprint density at radius 3 is 2.92 bits per heavy atom. The summed E-state index contributed by atoms with van der Waals surface area (Å²) < 4.78 is 4.74. The summed E-state index contributed by atoms with van der Waals surface area (Å²) in [7, 11) is 0. The molecule has 0 fully saturated rings. The number of hydrogen-bond acceptors (Lipinski definition) is 6. The van der Waals surface area contributed by atoms with Gasteiger partial charge >= 0.3 is 0 Å². The van der Waals surface area contributed by atoms with Crippen LogP contribution < -0.4 is 5.32 Å². The number of aliphatic hydroxyl groups excluding tert-OH is 2. The molecule has 3 N–H and O–H groups in total. The first-order valence-corrected chi connectivity index (χ1v) is 4.01. The minimum absolute atomic E-state index is 0.252. The van der Waals surface area contributed by atoms with Crippen LogP contribution in [-0.2, 0) is 6.54 Å². The molecule has 1 unspecified atom stereocenters. The van der Waals surface area contributed by atoms with E-state index >= 15 is 0 Å². The van der Waals surface area contributed by atoms with Crippen LogP contribution >= 0.6 is 0 Å². The molecule has 0 bridgehead atoms. The molecule has 0 aliphatic rings. The van der Waals surface area contributed by atoms with Crippen LogP contribution in [0, 0.1) is 6.92 Å². The minimum atomic E-state index is -0.743. The van der Waals surface area contributed by atoms with Crippen molar-refractivity contribution >= 4 is 0 Å². The van der Waals surface area contributed by atoms with Crippen molar-refractivity contribution in [2.45, 2.75) is 19.6 Å². The summed E-state index contributed by atoms with van der Waals surface area (Å²) >= 11 is 0. The SMILES string of the molecule is Cc1nc(CNCC(O)CO)no1. The van der Waals surface area contributed by atoms with E-state index in [0.717, 1.165) is 0 Å². The van der Waals surface area contributed by atoms with Crippen molar-refractivity contribution in [3.8, 4) is 0 Å². The number of rotatable bonds is 5. The van der Waals surface area contributed by atoms with Crippen molar-refractivity contribution in [1.29, 1.82) is 0 Å². The molecule has 0 saturated heterocycles. The van der Waals surface area contributed by atoms with Gasteiger partial charge in [0.05, 0.1) is 19.3 Å². The number of nitrogens with one attached hydrogen (secondary N) is 1. The molecular formula is C7H13N3O3. The van der Waals surface area contributed by atoms with E-state index in [4.69, 9.17) is 14.7 Å². The monoisotopic (exact) mass is 187 g/mol. The molecule has 0 radical (unpaired) electrons. The normalized spacial score (nSPS) is 13.2. The lowest BCUT2D eigenvalue weighted by Gasteiger charge is -2.06. The molecule has 13 heavy (non-hydrogen) atoms. The number of aryl methyl sites for hydroxylation is 1. The van der Waals surface area contributed by atoms with Crippen LogP contribution in [0.4, 0.5) is 0 Å². The highest BCUT2D eigenvalue weighted by molar-refractivity contribution is 4.82. The van der Waals surface area contributed by atoms with E-state index in [9.17, 15) is 0 Å². The van der Waals surface area contributed by atoms with Gasteiger partial charge in [0.15, 0.2) is 5.82 Å². The molecule has 6 nitrogen and oxygen atoms in total. The number of aromatic nitrogens is 2. The zero-order chi connectivity index (χ0) is 9.68. The van der Waals surface area contributed by atoms with Crippen LogP contribution in [0.1, 0.15) is 11.7 Å². The van der Waals surface area contributed by atoms with Crippen molar-refractivity contribution < 1.29 is 14.7 Å². The van der Waals surface area contributed by atoms with Crippen molar-refractivity contribution in [3.63, 3.8) is 0 Å². The van der Waals surface area contributed by atoms with Gasteiger partial charge in [-0.1, -0.05) is 5.16 Å². The van der Waals surface area contributed by atoms with Crippen molar-refractivity contribution in [1.82, 2.24) is 15.5 Å². The summed E-state index contributed by atoms with van der Waals surface area (Å²) in [6.07, 6.45) is -0.743. The van der Waals surface area contributed by atoms with Gasteiger partial charge in [-0.25, -0.2) is 0 Å². The fourth-order valence-corrected chi connectivity index (χ4v) is 0.828. The first-order valence-electron chi connectivity index (χ1n) is 4.01. The smallest absolute Gasteiger partial charge is 0.223 e. The molecule has 0 amide bonds. The van der Waals surface area contributed by atoms with E-state index in [1.165, 1.54) is 0 Å². The topological polar surface area (TPSA) is 91.4 Å². The van der Waals surface area contributed by atoms with E-state index in [0.29, 0.717) is 24.8 Å². The second kappa shape index (κ2) is 4.90. The molecule has 1 atom stereocenters. The molecule has 1 heterocycles. The Morgan fingerprint density at radius 1 is 1.62 bits per heavy atom. The van der Waals surface area contributed by atoms with Gasteiger partial charge < -0.3 is 20.1 Å². The van der Waals surface area contributed by atoms with E-state index < -0.39 is 6.10 Å². The predicted octanol–water partition coefficient (Wildman–Crippen LogP) is -1.18. The van der Waals surface area contributed by atoms with Crippen LogP contribution in [0.2, 0.25) is 0 Å². The number of hydrogen-bond donors (Lipinski definition) is 3. The standard InChI is InChI=1S/C7H13N3O3/c1-5-9-7(10-13-5)3-8-2-6(12)4-11/h6,8,11-12H,2-4H2,1H3. The number of aliphatic hydroxyl groups is 2. The summed E-state index contributed by atoms with van der Waals surface area (Å²) in [5.74, 6) is 1.06. The Hall–Kier alpha value is -0.980. The Kier molecular flexibility index (Phi) is 3.81. The highest BCUT2D eigenvalue weighted by atomic mass is 16.5. The van der Waals surface area contributed by atoms with Crippen LogP contribution in [0.25, 0.3) is 0 Å². The van der Waals surface area contributed by atoms with E-state index in [2.05, 4.69) is 15.5 Å². The molecule has 1 aromatic heterocycles. The first kappa shape index (κ1) is 10.1. The third-order valence-electron chi connectivity index (χ3n) is 1.44. The minimum Gasteiger partial charge on any atom is -0.394 e. The Bertz CT molecular complexity index is 251. The fourth-order valence-electron chi connectivity index (χ4n) is 0.828. The van der Waals surface area contributed by atoms with Crippen LogP contribution in [-0.4, -0.2) is 39.6 Å². The Balaban J connectivity index is 2.20. The molecule has 0 aliphatic heterocycles. The second-order valence-electron chi connectivity index (χ2n) is 2.70. The molecule has 74 valence electrons. The zero-order valence-corrected chi connectivity index (χ0v) is 7.40. The average molecular weight is 187 g/mol. The van der Waals surface area contributed by atoms with Gasteiger partial charge in [-0.2, -0.15) is 4.98 Å². The summed E-state index contributed by atoms with van der Waals surface area (Å²) in [6.45, 7) is 2.19. The summed E-state index contributed by atoms with van der Waals surface area (Å²) in [4.78, 5) is 3.95. The van der Waals surface area contributed by atoms with E-state index in [1.807, 2.05) is 0 Å². The molecule has 1 aromatic rings. The summed E-state index contributed by atoms with van der Waals surface area (Å²) in [5, 5.41) is 24.0. The largest absolute Gasteiger partial charge is 0.394 e. The number of nitrogens with zero attached hydrogens (tertiary/aromatic N) is 2. The lowest BCUT2D eigenvalue weighted by molar-refractivity contribution is 0.0940. The van der Waals surface area contributed by atoms with Gasteiger partial charge in [-0.15, -0.1) is 0 Å². The fraction of sp³-hybridized carbons (Fsp3) is 0.714. The lowest BCUT2D eigenvalue weighted by atomic mass is 10.4. The molecule has 6 heteroatoms. The lowest BCUT2D eigenvalue weighted by Crippen LogP contribution is -2.29. The van der Waals surface area contributed by atoms with Crippen LogP contribution in [0.5, 0.6) is 0 Å². The maximum absolute atomic E-state index is 8.96. The summed E-state index contributed by atoms with van der Waals surface area (Å²) in [6, 6.07) is 0. The van der Waals surface area contributed by atoms with E-state index in [1.54, 1.807) is 6.92 Å².